The van der Waals surface area contributed by atoms with E-state index < -0.39 is 18.0 Å². The third-order valence-corrected chi connectivity index (χ3v) is 3.64. The minimum absolute atomic E-state index is 0.0270. The van der Waals surface area contributed by atoms with Crippen LogP contribution in [-0.4, -0.2) is 59.0 Å². The Kier molecular flexibility index (Phi) is 4.98. The Labute approximate surface area is 128 Å². The van der Waals surface area contributed by atoms with Crippen LogP contribution < -0.4 is 5.32 Å². The van der Waals surface area contributed by atoms with Gasteiger partial charge in [-0.25, -0.2) is 9.59 Å². The molecule has 7 heteroatoms. The van der Waals surface area contributed by atoms with Crippen molar-refractivity contribution in [2.75, 3.05) is 26.2 Å². The zero-order valence-electron chi connectivity index (χ0n) is 12.4. The number of aliphatic carboxylic acids is 1. The van der Waals surface area contributed by atoms with Crippen molar-refractivity contribution < 1.29 is 19.5 Å². The Bertz CT molecular complexity index is 561. The van der Waals surface area contributed by atoms with E-state index in [-0.39, 0.29) is 12.5 Å². The van der Waals surface area contributed by atoms with Crippen LogP contribution >= 0.6 is 0 Å². The molecule has 118 valence electrons. The molecule has 0 bridgehead atoms. The van der Waals surface area contributed by atoms with Crippen molar-refractivity contribution in [3.05, 3.63) is 35.9 Å². The Balaban J connectivity index is 2.03. The monoisotopic (exact) mass is 305 g/mol. The SMILES string of the molecule is CCN1CCN(C(=O)NC(C(=O)O)c2ccccc2)CC1=O. The molecule has 22 heavy (non-hydrogen) atoms. The highest BCUT2D eigenvalue weighted by Crippen LogP contribution is 2.14. The molecule has 7 nitrogen and oxygen atoms in total. The minimum atomic E-state index is -1.14. The first kappa shape index (κ1) is 15.8. The number of piperazine rings is 1. The number of benzene rings is 1. The Morgan fingerprint density at radius 2 is 1.95 bits per heavy atom. The van der Waals surface area contributed by atoms with Crippen LogP contribution in [0, 0.1) is 0 Å². The number of nitrogens with zero attached hydrogens (tertiary/aromatic N) is 2. The molecule has 0 aliphatic carbocycles. The number of carbonyl (C=O) groups excluding carboxylic acids is 2. The average molecular weight is 305 g/mol. The number of carbonyl (C=O) groups is 3. The highest BCUT2D eigenvalue weighted by Gasteiger charge is 2.29. The van der Waals surface area contributed by atoms with Gasteiger partial charge in [0.15, 0.2) is 6.04 Å². The predicted octanol–water partition coefficient (Wildman–Crippen LogP) is 0.686. The van der Waals surface area contributed by atoms with Crippen LogP contribution in [0.2, 0.25) is 0 Å². The summed E-state index contributed by atoms with van der Waals surface area (Å²) < 4.78 is 0. The summed E-state index contributed by atoms with van der Waals surface area (Å²) in [6.07, 6.45) is 0. The van der Waals surface area contributed by atoms with Crippen molar-refractivity contribution in [1.29, 1.82) is 0 Å². The summed E-state index contributed by atoms with van der Waals surface area (Å²) in [5.41, 5.74) is 0.488. The van der Waals surface area contributed by atoms with Gasteiger partial charge in [-0.15, -0.1) is 0 Å². The van der Waals surface area contributed by atoms with E-state index >= 15 is 0 Å². The normalized spacial score (nSPS) is 16.3. The molecule has 1 aromatic carbocycles. The van der Waals surface area contributed by atoms with E-state index in [0.717, 1.165) is 0 Å². The lowest BCUT2D eigenvalue weighted by Gasteiger charge is -2.34. The second-order valence-electron chi connectivity index (χ2n) is 5.03. The second-order valence-corrected chi connectivity index (χ2v) is 5.03. The summed E-state index contributed by atoms with van der Waals surface area (Å²) in [5, 5.41) is 11.8. The molecule has 1 atom stereocenters. The van der Waals surface area contributed by atoms with Gasteiger partial charge >= 0.3 is 12.0 Å². The zero-order valence-corrected chi connectivity index (χ0v) is 12.4. The van der Waals surface area contributed by atoms with Crippen LogP contribution in [0.5, 0.6) is 0 Å². The standard InChI is InChI=1S/C15H19N3O4/c1-2-17-8-9-18(10-12(17)19)15(22)16-13(14(20)21)11-6-4-3-5-7-11/h3-7,13H,2,8-10H2,1H3,(H,16,22)(H,20,21). The number of amides is 3. The molecular formula is C15H19N3O4. The zero-order chi connectivity index (χ0) is 16.1. The van der Waals surface area contributed by atoms with Crippen LogP contribution in [-0.2, 0) is 9.59 Å². The van der Waals surface area contributed by atoms with Crippen LogP contribution in [0.25, 0.3) is 0 Å². The number of likely N-dealkylation sites (N-methyl/N-ethyl adjacent to an activating group) is 1. The maximum Gasteiger partial charge on any atom is 0.330 e. The molecule has 0 radical (unpaired) electrons. The van der Waals surface area contributed by atoms with E-state index in [1.54, 1.807) is 35.2 Å². The third kappa shape index (κ3) is 3.55. The van der Waals surface area contributed by atoms with E-state index in [2.05, 4.69) is 5.32 Å². The van der Waals surface area contributed by atoms with Gasteiger partial charge in [-0.3, -0.25) is 4.79 Å². The molecule has 1 aliphatic rings. The fourth-order valence-electron chi connectivity index (χ4n) is 2.36. The summed E-state index contributed by atoms with van der Waals surface area (Å²) in [5.74, 6) is -1.27. The highest BCUT2D eigenvalue weighted by atomic mass is 16.4. The van der Waals surface area contributed by atoms with Crippen molar-refractivity contribution in [3.63, 3.8) is 0 Å². The second kappa shape index (κ2) is 6.93. The molecule has 3 amide bonds. The fraction of sp³-hybridized carbons (Fsp3) is 0.400. The van der Waals surface area contributed by atoms with Gasteiger partial charge in [-0.2, -0.15) is 0 Å². The Morgan fingerprint density at radius 3 is 2.50 bits per heavy atom. The Morgan fingerprint density at radius 1 is 1.27 bits per heavy atom. The first-order chi connectivity index (χ1) is 10.5. The number of hydrogen-bond donors (Lipinski definition) is 2. The fourth-order valence-corrected chi connectivity index (χ4v) is 2.36. The highest BCUT2D eigenvalue weighted by molar-refractivity contribution is 5.88. The molecule has 1 unspecified atom stereocenters. The predicted molar refractivity (Wildman–Crippen MR) is 79.2 cm³/mol. The smallest absolute Gasteiger partial charge is 0.330 e. The molecule has 1 fully saturated rings. The van der Waals surface area contributed by atoms with Gasteiger partial charge in [-0.1, -0.05) is 30.3 Å². The summed E-state index contributed by atoms with van der Waals surface area (Å²) in [6, 6.07) is 6.79. The van der Waals surface area contributed by atoms with Gasteiger partial charge in [0.25, 0.3) is 0 Å². The molecule has 2 rings (SSSR count). The number of rotatable bonds is 4. The summed E-state index contributed by atoms with van der Waals surface area (Å²) in [4.78, 5) is 38.4. The lowest BCUT2D eigenvalue weighted by molar-refractivity contribution is -0.139. The lowest BCUT2D eigenvalue weighted by atomic mass is 10.1. The van der Waals surface area contributed by atoms with Crippen LogP contribution in [0.3, 0.4) is 0 Å². The molecule has 0 aromatic heterocycles. The van der Waals surface area contributed by atoms with E-state index in [9.17, 15) is 19.5 Å². The van der Waals surface area contributed by atoms with Gasteiger partial charge in [0, 0.05) is 19.6 Å². The minimum Gasteiger partial charge on any atom is -0.479 e. The number of carboxylic acids is 1. The van der Waals surface area contributed by atoms with Gasteiger partial charge in [-0.05, 0) is 12.5 Å². The van der Waals surface area contributed by atoms with Crippen molar-refractivity contribution in [1.82, 2.24) is 15.1 Å². The molecule has 1 aliphatic heterocycles. The topological polar surface area (TPSA) is 89.9 Å². The molecule has 1 aromatic rings. The summed E-state index contributed by atoms with van der Waals surface area (Å²) >= 11 is 0. The van der Waals surface area contributed by atoms with E-state index in [4.69, 9.17) is 0 Å². The number of hydrogen-bond acceptors (Lipinski definition) is 3. The van der Waals surface area contributed by atoms with E-state index in [1.165, 1.54) is 4.90 Å². The average Bonchev–Trinajstić information content (AvgIpc) is 2.52. The van der Waals surface area contributed by atoms with Gasteiger partial charge in [0.2, 0.25) is 5.91 Å². The van der Waals surface area contributed by atoms with Crippen LogP contribution in [0.4, 0.5) is 4.79 Å². The quantitative estimate of drug-likeness (QED) is 0.856. The van der Waals surface area contributed by atoms with Crippen LogP contribution in [0.15, 0.2) is 30.3 Å². The van der Waals surface area contributed by atoms with Crippen molar-refractivity contribution >= 4 is 17.9 Å². The maximum atomic E-state index is 12.2. The van der Waals surface area contributed by atoms with Crippen molar-refractivity contribution in [2.24, 2.45) is 0 Å². The molecular weight excluding hydrogens is 286 g/mol. The first-order valence-corrected chi connectivity index (χ1v) is 7.14. The van der Waals surface area contributed by atoms with Crippen molar-refractivity contribution in [3.8, 4) is 0 Å². The number of urea groups is 1. The van der Waals surface area contributed by atoms with Gasteiger partial charge in [0.05, 0.1) is 0 Å². The third-order valence-electron chi connectivity index (χ3n) is 3.64. The number of carboxylic acid groups (broad SMARTS) is 1. The largest absolute Gasteiger partial charge is 0.479 e. The Hall–Kier alpha value is -2.57. The van der Waals surface area contributed by atoms with Crippen molar-refractivity contribution in [2.45, 2.75) is 13.0 Å². The van der Waals surface area contributed by atoms with Gasteiger partial charge in [0.1, 0.15) is 6.54 Å². The van der Waals surface area contributed by atoms with E-state index in [0.29, 0.717) is 25.2 Å². The summed E-state index contributed by atoms with van der Waals surface area (Å²) in [7, 11) is 0. The molecule has 2 N–H and O–H groups in total. The summed E-state index contributed by atoms with van der Waals surface area (Å²) in [6.45, 7) is 3.32. The molecule has 0 spiro atoms. The molecule has 1 saturated heterocycles. The first-order valence-electron chi connectivity index (χ1n) is 7.14. The number of nitrogens with one attached hydrogen (secondary N) is 1. The molecule has 1 heterocycles. The lowest BCUT2D eigenvalue weighted by Crippen LogP contribution is -2.55. The maximum absolute atomic E-state index is 12.2. The van der Waals surface area contributed by atoms with E-state index in [1.807, 2.05) is 6.92 Å². The van der Waals surface area contributed by atoms with Crippen LogP contribution in [0.1, 0.15) is 18.5 Å². The van der Waals surface area contributed by atoms with Gasteiger partial charge < -0.3 is 20.2 Å². The molecule has 0 saturated carbocycles.